The van der Waals surface area contributed by atoms with Crippen molar-refractivity contribution in [3.8, 4) is 0 Å². The number of rotatable bonds is 3. The number of halogens is 3. The standard InChI is InChI=1S/C18H23F3N2O2/c1-17(2,3)25-16(24)22-15-13-9-23(10-14(13)15)8-11-4-6-12(7-5-11)18(19,20)21/h4-7,13-15H,8-10H2,1-3H3,(H,22,24)/t13-,14+,15?. The number of likely N-dealkylation sites (tertiary alicyclic amines) is 1. The molecule has 3 rings (SSSR count). The Balaban J connectivity index is 1.45. The Hall–Kier alpha value is -1.76. The third-order valence-electron chi connectivity index (χ3n) is 4.64. The molecule has 0 aromatic heterocycles. The van der Waals surface area contributed by atoms with Gasteiger partial charge in [0.25, 0.3) is 0 Å². The van der Waals surface area contributed by atoms with Gasteiger partial charge in [0.05, 0.1) is 5.56 Å². The van der Waals surface area contributed by atoms with E-state index >= 15 is 0 Å². The van der Waals surface area contributed by atoms with E-state index in [2.05, 4.69) is 10.2 Å². The van der Waals surface area contributed by atoms with E-state index in [-0.39, 0.29) is 12.1 Å². The lowest BCUT2D eigenvalue weighted by Crippen LogP contribution is -2.38. The first-order valence-electron chi connectivity index (χ1n) is 8.41. The van der Waals surface area contributed by atoms with Crippen LogP contribution < -0.4 is 5.32 Å². The second-order valence-corrected chi connectivity index (χ2v) is 7.89. The summed E-state index contributed by atoms with van der Waals surface area (Å²) in [4.78, 5) is 14.0. The molecule has 0 radical (unpaired) electrons. The summed E-state index contributed by atoms with van der Waals surface area (Å²) in [5.41, 5.74) is -0.268. The van der Waals surface area contributed by atoms with Crippen molar-refractivity contribution in [3.05, 3.63) is 35.4 Å². The van der Waals surface area contributed by atoms with Crippen molar-refractivity contribution in [2.45, 2.75) is 45.1 Å². The number of hydrogen-bond acceptors (Lipinski definition) is 3. The van der Waals surface area contributed by atoms with Gasteiger partial charge in [0, 0.05) is 25.7 Å². The van der Waals surface area contributed by atoms with E-state index in [1.165, 1.54) is 12.1 Å². The van der Waals surface area contributed by atoms with Gasteiger partial charge in [0.1, 0.15) is 5.60 Å². The monoisotopic (exact) mass is 356 g/mol. The van der Waals surface area contributed by atoms with Gasteiger partial charge < -0.3 is 10.1 Å². The Labute approximate surface area is 145 Å². The molecule has 1 N–H and O–H groups in total. The minimum Gasteiger partial charge on any atom is -0.444 e. The lowest BCUT2D eigenvalue weighted by Gasteiger charge is -2.22. The molecule has 1 amide bonds. The zero-order chi connectivity index (χ0) is 18.4. The van der Waals surface area contributed by atoms with Crippen LogP contribution in [0.5, 0.6) is 0 Å². The third-order valence-corrected chi connectivity index (χ3v) is 4.64. The number of benzene rings is 1. The van der Waals surface area contributed by atoms with Crippen LogP contribution in [-0.2, 0) is 17.5 Å². The first-order valence-corrected chi connectivity index (χ1v) is 8.41. The molecule has 1 unspecified atom stereocenters. The van der Waals surface area contributed by atoms with Crippen LogP contribution in [0.25, 0.3) is 0 Å². The van der Waals surface area contributed by atoms with Crippen molar-refractivity contribution in [1.82, 2.24) is 10.2 Å². The molecule has 2 fully saturated rings. The predicted octanol–water partition coefficient (Wildman–Crippen LogP) is 3.66. The number of fused-ring (bicyclic) bond motifs is 1. The first kappa shape index (κ1) is 18.0. The van der Waals surface area contributed by atoms with E-state index in [1.54, 1.807) is 0 Å². The zero-order valence-electron chi connectivity index (χ0n) is 14.6. The molecule has 0 spiro atoms. The van der Waals surface area contributed by atoms with Crippen LogP contribution in [0.1, 0.15) is 31.9 Å². The lowest BCUT2D eigenvalue weighted by atomic mass is 10.1. The summed E-state index contributed by atoms with van der Waals surface area (Å²) in [5.74, 6) is 0.809. The topological polar surface area (TPSA) is 41.6 Å². The van der Waals surface area contributed by atoms with Crippen molar-refractivity contribution in [2.75, 3.05) is 13.1 Å². The second kappa shape index (κ2) is 6.20. The molecule has 1 aliphatic heterocycles. The lowest BCUT2D eigenvalue weighted by molar-refractivity contribution is -0.137. The molecule has 1 aromatic carbocycles. The van der Waals surface area contributed by atoms with Crippen LogP contribution in [0.3, 0.4) is 0 Å². The molecular weight excluding hydrogens is 333 g/mol. The van der Waals surface area contributed by atoms with Gasteiger partial charge in [-0.3, -0.25) is 4.90 Å². The van der Waals surface area contributed by atoms with E-state index in [1.807, 2.05) is 20.8 Å². The number of nitrogens with zero attached hydrogens (tertiary/aromatic N) is 1. The summed E-state index contributed by atoms with van der Waals surface area (Å²) in [6.07, 6.45) is -4.69. The Bertz CT molecular complexity index is 625. The molecule has 3 atom stereocenters. The minimum atomic E-state index is -4.30. The molecular formula is C18H23F3N2O2. The molecule has 25 heavy (non-hydrogen) atoms. The highest BCUT2D eigenvalue weighted by atomic mass is 19.4. The van der Waals surface area contributed by atoms with Gasteiger partial charge in [-0.1, -0.05) is 12.1 Å². The number of nitrogens with one attached hydrogen (secondary N) is 1. The minimum absolute atomic E-state index is 0.152. The number of alkyl carbamates (subject to hydrolysis) is 1. The molecule has 1 aliphatic carbocycles. The van der Waals surface area contributed by atoms with Crippen molar-refractivity contribution in [3.63, 3.8) is 0 Å². The maximum atomic E-state index is 12.6. The maximum absolute atomic E-state index is 12.6. The Morgan fingerprint density at radius 2 is 1.72 bits per heavy atom. The van der Waals surface area contributed by atoms with Gasteiger partial charge >= 0.3 is 12.3 Å². The number of piperidine rings is 1. The Morgan fingerprint density at radius 3 is 2.20 bits per heavy atom. The van der Waals surface area contributed by atoms with Crippen LogP contribution in [0.2, 0.25) is 0 Å². The van der Waals surface area contributed by atoms with E-state index in [0.29, 0.717) is 18.4 Å². The third kappa shape index (κ3) is 4.45. The maximum Gasteiger partial charge on any atom is 0.416 e. The fourth-order valence-electron chi connectivity index (χ4n) is 3.46. The summed E-state index contributed by atoms with van der Waals surface area (Å²) in [6.45, 7) is 7.78. The Kier molecular flexibility index (Phi) is 4.47. The van der Waals surface area contributed by atoms with Crippen molar-refractivity contribution in [2.24, 2.45) is 11.8 Å². The zero-order valence-corrected chi connectivity index (χ0v) is 14.6. The SMILES string of the molecule is CC(C)(C)OC(=O)NC1[C@H]2CN(Cc3ccc(C(F)(F)F)cc3)C[C@@H]12. The number of carbonyl (C=O) groups excluding carboxylic acids is 1. The summed E-state index contributed by atoms with van der Waals surface area (Å²) >= 11 is 0. The van der Waals surface area contributed by atoms with Crippen LogP contribution >= 0.6 is 0 Å². The van der Waals surface area contributed by atoms with E-state index in [0.717, 1.165) is 30.8 Å². The molecule has 1 aromatic rings. The normalized spacial score (nSPS) is 26.2. The number of amides is 1. The smallest absolute Gasteiger partial charge is 0.416 e. The molecule has 138 valence electrons. The van der Waals surface area contributed by atoms with Crippen LogP contribution in [0.15, 0.2) is 24.3 Å². The number of carbonyl (C=O) groups is 1. The molecule has 2 aliphatic rings. The predicted molar refractivity (Wildman–Crippen MR) is 86.9 cm³/mol. The molecule has 7 heteroatoms. The van der Waals surface area contributed by atoms with E-state index < -0.39 is 17.3 Å². The highest BCUT2D eigenvalue weighted by molar-refractivity contribution is 5.68. The van der Waals surface area contributed by atoms with Crippen LogP contribution in [0, 0.1) is 11.8 Å². The van der Waals surface area contributed by atoms with Crippen molar-refractivity contribution in [1.29, 1.82) is 0 Å². The van der Waals surface area contributed by atoms with Gasteiger partial charge in [0.15, 0.2) is 0 Å². The van der Waals surface area contributed by atoms with Crippen molar-refractivity contribution >= 4 is 6.09 Å². The van der Waals surface area contributed by atoms with Crippen LogP contribution in [0.4, 0.5) is 18.0 Å². The number of hydrogen-bond donors (Lipinski definition) is 1. The fourth-order valence-corrected chi connectivity index (χ4v) is 3.46. The summed E-state index contributed by atoms with van der Waals surface area (Å²) in [5, 5.41) is 2.91. The van der Waals surface area contributed by atoms with Crippen LogP contribution in [-0.4, -0.2) is 35.7 Å². The van der Waals surface area contributed by atoms with Crippen molar-refractivity contribution < 1.29 is 22.7 Å². The molecule has 1 heterocycles. The molecule has 1 saturated carbocycles. The summed E-state index contributed by atoms with van der Waals surface area (Å²) in [6, 6.07) is 5.46. The van der Waals surface area contributed by atoms with Gasteiger partial charge in [-0.25, -0.2) is 4.79 Å². The first-order chi connectivity index (χ1) is 11.5. The number of alkyl halides is 3. The summed E-state index contributed by atoms with van der Waals surface area (Å²) in [7, 11) is 0. The van der Waals surface area contributed by atoms with E-state index in [9.17, 15) is 18.0 Å². The quantitative estimate of drug-likeness (QED) is 0.899. The highest BCUT2D eigenvalue weighted by Crippen LogP contribution is 2.46. The Morgan fingerprint density at radius 1 is 1.16 bits per heavy atom. The average molecular weight is 356 g/mol. The molecule has 0 bridgehead atoms. The largest absolute Gasteiger partial charge is 0.444 e. The van der Waals surface area contributed by atoms with Gasteiger partial charge in [-0.05, 0) is 50.3 Å². The summed E-state index contributed by atoms with van der Waals surface area (Å²) < 4.78 is 43.0. The second-order valence-electron chi connectivity index (χ2n) is 7.89. The van der Waals surface area contributed by atoms with E-state index in [4.69, 9.17) is 4.74 Å². The van der Waals surface area contributed by atoms with Gasteiger partial charge in [-0.2, -0.15) is 13.2 Å². The average Bonchev–Trinajstić information content (AvgIpc) is 2.90. The molecule has 4 nitrogen and oxygen atoms in total. The van der Waals surface area contributed by atoms with Gasteiger partial charge in [-0.15, -0.1) is 0 Å². The highest BCUT2D eigenvalue weighted by Gasteiger charge is 2.56. The number of ether oxygens (including phenoxy) is 1. The molecule has 1 saturated heterocycles. The fraction of sp³-hybridized carbons (Fsp3) is 0.611. The van der Waals surface area contributed by atoms with Gasteiger partial charge in [0.2, 0.25) is 0 Å².